The molecule has 0 unspecified atom stereocenters. The molecule has 0 aromatic rings. The summed E-state index contributed by atoms with van der Waals surface area (Å²) in [6, 6.07) is 0. The summed E-state index contributed by atoms with van der Waals surface area (Å²) < 4.78 is 0. The van der Waals surface area contributed by atoms with E-state index in [1.54, 1.807) is 0 Å². The third-order valence-electron chi connectivity index (χ3n) is 0. The van der Waals surface area contributed by atoms with E-state index in [-0.39, 0.29) is 86.2 Å². The van der Waals surface area contributed by atoms with Crippen LogP contribution in [0.1, 0.15) is 0 Å². The van der Waals surface area contributed by atoms with Crippen LogP contribution < -0.4 is 0 Å². The second kappa shape index (κ2) is 32.0. The van der Waals surface area contributed by atoms with Crippen LogP contribution in [0.15, 0.2) is 0 Å². The molecule has 0 aromatic heterocycles. The van der Waals surface area contributed by atoms with Gasteiger partial charge >= 0.3 is 21.7 Å². The number of hydrogen-bond donors (Lipinski definition) is 0. The number of rotatable bonds is 0. The molecule has 5 heteroatoms. The van der Waals surface area contributed by atoms with Gasteiger partial charge in [-0.25, -0.2) is 0 Å². The minimum absolute atomic E-state index is 0. The Bertz CT molecular complexity index is 9.61. The summed E-state index contributed by atoms with van der Waals surface area (Å²) in [6.07, 6.45) is 0. The van der Waals surface area contributed by atoms with Crippen LogP contribution in [0.2, 0.25) is 0 Å². The maximum absolute atomic E-state index is 0. The Morgan fingerprint density at radius 1 is 0.800 bits per heavy atom. The predicted molar refractivity (Wildman–Crippen MR) is 7.13 cm³/mol. The normalized spacial score (nSPS) is 0. The fourth-order valence-corrected chi connectivity index (χ4v) is 0. The van der Waals surface area contributed by atoms with Gasteiger partial charge in [-0.3, -0.25) is 0 Å². The van der Waals surface area contributed by atoms with Gasteiger partial charge in [-0.1, -0.05) is 0 Å². The molecule has 0 fully saturated rings. The van der Waals surface area contributed by atoms with E-state index in [2.05, 4.69) is 0 Å². The van der Waals surface area contributed by atoms with Crippen LogP contribution in [0.25, 0.3) is 0 Å². The molecule has 0 saturated heterocycles. The molecule has 0 atom stereocenters. The van der Waals surface area contributed by atoms with E-state index < -0.39 is 0 Å². The molecule has 0 heterocycles. The third kappa shape index (κ3) is 21.3. The van der Waals surface area contributed by atoms with Gasteiger partial charge < -0.3 is 11.0 Å². The van der Waals surface area contributed by atoms with Crippen molar-refractivity contribution in [3.8, 4) is 0 Å². The summed E-state index contributed by atoms with van der Waals surface area (Å²) in [6.45, 7) is 0. The molecule has 4 radical (unpaired) electrons. The quantitative estimate of drug-likeness (QED) is 0.505. The topological polar surface area (TPSA) is 57.0 Å². The first-order valence-electron chi connectivity index (χ1n) is 0. The fraction of sp³-hybridized carbons (Fsp3) is 0. The Morgan fingerprint density at radius 2 is 0.800 bits per heavy atom. The zero-order valence-electron chi connectivity index (χ0n) is 2.32. The first-order chi connectivity index (χ1) is 0. The summed E-state index contributed by atoms with van der Waals surface area (Å²) >= 11 is 0. The van der Waals surface area contributed by atoms with Gasteiger partial charge in [0, 0.05) is 53.5 Å². The first kappa shape index (κ1) is 51.8. The van der Waals surface area contributed by atoms with E-state index in [4.69, 9.17) is 0 Å². The van der Waals surface area contributed by atoms with E-state index in [1.165, 1.54) is 0 Å². The van der Waals surface area contributed by atoms with Crippen molar-refractivity contribution in [3.63, 3.8) is 0 Å². The molecule has 5 heavy (non-hydrogen) atoms. The summed E-state index contributed by atoms with van der Waals surface area (Å²) in [4.78, 5) is 0. The average molecular weight is 378 g/mol. The van der Waals surface area contributed by atoms with Crippen molar-refractivity contribution in [1.82, 2.24) is 0 Å². The maximum Gasteiger partial charge on any atom is 4.00 e. The monoisotopic (exact) mass is 378 g/mol. The van der Waals surface area contributed by atoms with Crippen LogP contribution in [-0.2, 0) is 58.9 Å². The molecule has 0 aliphatic carbocycles. The largest absolute Gasteiger partial charge is 4.00 e. The van der Waals surface area contributed by atoms with Crippen molar-refractivity contribution in [1.29, 1.82) is 0 Å². The smallest absolute Gasteiger partial charge is 2.00 e. The molecule has 0 bridgehead atoms. The Kier molecular flexibility index (Phi) is 332. The van der Waals surface area contributed by atoms with Crippen LogP contribution in [-0.4, -0.2) is 27.3 Å². The van der Waals surface area contributed by atoms with Gasteiger partial charge in [-0.15, -0.1) is 0 Å². The van der Waals surface area contributed by atoms with E-state index >= 15 is 0 Å². The van der Waals surface area contributed by atoms with Crippen molar-refractivity contribution in [3.05, 3.63) is 0 Å². The predicted octanol–water partition coefficient (Wildman–Crippen LogP) is -0.623. The third-order valence-corrected chi connectivity index (χ3v) is 0. The van der Waals surface area contributed by atoms with Gasteiger partial charge in [0.1, 0.15) is 0 Å². The molecule has 0 amide bonds. The van der Waals surface area contributed by atoms with Crippen molar-refractivity contribution in [2.75, 3.05) is 0 Å². The molecular weight excluding hydrogens is 378 g/mol. The van der Waals surface area contributed by atoms with Gasteiger partial charge in [0.15, 0.2) is 0 Å². The molecule has 0 saturated carbocycles. The molecule has 0 spiro atoms. The maximum atomic E-state index is 0. The van der Waals surface area contributed by atoms with E-state index in [1.807, 2.05) is 0 Å². The van der Waals surface area contributed by atoms with Gasteiger partial charge in [0.25, 0.3) is 0 Å². The Hall–Kier alpha value is 2.44. The van der Waals surface area contributed by atoms with Crippen molar-refractivity contribution < 1.29 is 58.9 Å². The van der Waals surface area contributed by atoms with Crippen LogP contribution in [0.3, 0.4) is 0 Å². The zero-order valence-corrected chi connectivity index (χ0v) is 10.2. The summed E-state index contributed by atoms with van der Waals surface area (Å²) in [5, 5.41) is 0. The SMILES string of the molecule is [O-2].[O-2].[Pb].[Ti+4].[Zr]. The first-order valence-corrected chi connectivity index (χ1v) is 0. The summed E-state index contributed by atoms with van der Waals surface area (Å²) in [5.74, 6) is 0. The average Bonchev–Trinajstić information content (AvgIpc) is 0. The van der Waals surface area contributed by atoms with Crippen LogP contribution >= 0.6 is 0 Å². The molecular formula is O2PbTiZr. The van der Waals surface area contributed by atoms with Crippen molar-refractivity contribution in [2.24, 2.45) is 0 Å². The van der Waals surface area contributed by atoms with E-state index in [0.717, 1.165) is 0 Å². The van der Waals surface area contributed by atoms with Crippen LogP contribution in [0.4, 0.5) is 0 Å². The second-order valence-electron chi connectivity index (χ2n) is 0. The summed E-state index contributed by atoms with van der Waals surface area (Å²) in [5.41, 5.74) is 0. The molecule has 0 rings (SSSR count). The minimum Gasteiger partial charge on any atom is -2.00 e. The Morgan fingerprint density at radius 3 is 0.800 bits per heavy atom. The van der Waals surface area contributed by atoms with Crippen molar-refractivity contribution >= 4 is 27.3 Å². The Balaban J connectivity index is 0. The van der Waals surface area contributed by atoms with E-state index in [9.17, 15) is 0 Å². The minimum atomic E-state index is 0. The van der Waals surface area contributed by atoms with Gasteiger partial charge in [-0.05, 0) is 0 Å². The molecule has 0 aliphatic heterocycles. The second-order valence-corrected chi connectivity index (χ2v) is 0. The van der Waals surface area contributed by atoms with Crippen LogP contribution in [0.5, 0.6) is 0 Å². The molecule has 0 aromatic carbocycles. The van der Waals surface area contributed by atoms with Crippen LogP contribution in [0, 0.1) is 0 Å². The fourth-order valence-electron chi connectivity index (χ4n) is 0. The van der Waals surface area contributed by atoms with Gasteiger partial charge in [0.05, 0.1) is 0 Å². The molecule has 24 valence electrons. The summed E-state index contributed by atoms with van der Waals surface area (Å²) in [7, 11) is 0. The Labute approximate surface area is 84.9 Å². The van der Waals surface area contributed by atoms with Crippen molar-refractivity contribution in [2.45, 2.75) is 0 Å². The van der Waals surface area contributed by atoms with Gasteiger partial charge in [-0.2, -0.15) is 0 Å². The van der Waals surface area contributed by atoms with E-state index in [0.29, 0.717) is 0 Å². The molecule has 0 aliphatic rings. The number of hydrogen-bond acceptors (Lipinski definition) is 0. The van der Waals surface area contributed by atoms with Gasteiger partial charge in [0.2, 0.25) is 0 Å². The molecule has 0 N–H and O–H groups in total. The standard InChI is InChI=1S/2O.Pb.Ti.Zr/q2*-2;;+4;. The molecule has 2 nitrogen and oxygen atoms in total. The zero-order chi connectivity index (χ0) is 0.